The third-order valence-electron chi connectivity index (χ3n) is 2.43. The molecule has 5 heteroatoms. The number of nitrogens with zero attached hydrogens (tertiary/aromatic N) is 1. The number of benzene rings is 1. The van der Waals surface area contributed by atoms with Crippen LogP contribution >= 0.6 is 27.5 Å². The highest BCUT2D eigenvalue weighted by Gasteiger charge is 2.11. The molecule has 1 aromatic carbocycles. The zero-order chi connectivity index (χ0) is 12.8. The molecule has 0 aliphatic carbocycles. The molecule has 0 heterocycles. The number of halogens is 2. The lowest BCUT2D eigenvalue weighted by Crippen LogP contribution is -2.25. The fourth-order valence-electron chi connectivity index (χ4n) is 1.43. The topological polar surface area (TPSA) is 40.5 Å². The van der Waals surface area contributed by atoms with Crippen molar-refractivity contribution in [2.45, 2.75) is 6.42 Å². The van der Waals surface area contributed by atoms with E-state index in [9.17, 15) is 4.79 Å². The number of hydrogen-bond donors (Lipinski definition) is 1. The largest absolute Gasteiger partial charge is 0.395 e. The van der Waals surface area contributed by atoms with Gasteiger partial charge < -0.3 is 10.0 Å². The highest BCUT2D eigenvalue weighted by molar-refractivity contribution is 9.10. The van der Waals surface area contributed by atoms with Crippen molar-refractivity contribution in [3.8, 4) is 0 Å². The van der Waals surface area contributed by atoms with Gasteiger partial charge in [0.1, 0.15) is 0 Å². The lowest BCUT2D eigenvalue weighted by molar-refractivity contribution is 0.0965. The normalized spacial score (nSPS) is 10.9. The standard InChI is InChI=1S/C12H15BrClNO2/c1-15(6-7-16)5-4-12(17)10-3-2-9(13)8-11(10)14/h2-3,8,16H,4-7H2,1H3. The summed E-state index contributed by atoms with van der Waals surface area (Å²) in [7, 11) is 1.87. The number of carbonyl (C=O) groups excluding carboxylic acids is 1. The van der Waals surface area contributed by atoms with Crippen LogP contribution in [0.15, 0.2) is 22.7 Å². The molecule has 0 fully saturated rings. The molecule has 1 aromatic rings. The zero-order valence-corrected chi connectivity index (χ0v) is 12.0. The molecule has 0 spiro atoms. The van der Waals surface area contributed by atoms with Crippen LogP contribution in [0.25, 0.3) is 0 Å². The van der Waals surface area contributed by atoms with Gasteiger partial charge in [-0.05, 0) is 25.2 Å². The maximum absolute atomic E-state index is 11.9. The van der Waals surface area contributed by atoms with Gasteiger partial charge in [0, 0.05) is 29.5 Å². The van der Waals surface area contributed by atoms with Crippen LogP contribution in [-0.2, 0) is 0 Å². The second kappa shape index (κ2) is 7.11. The summed E-state index contributed by atoms with van der Waals surface area (Å²) in [5.41, 5.74) is 0.548. The monoisotopic (exact) mass is 319 g/mol. The number of carbonyl (C=O) groups is 1. The predicted octanol–water partition coefficient (Wildman–Crippen LogP) is 2.60. The zero-order valence-electron chi connectivity index (χ0n) is 9.62. The Hall–Kier alpha value is -0.420. The first-order valence-corrected chi connectivity index (χ1v) is 6.49. The van der Waals surface area contributed by atoms with Gasteiger partial charge in [-0.15, -0.1) is 0 Å². The maximum Gasteiger partial charge on any atom is 0.165 e. The fourth-order valence-corrected chi connectivity index (χ4v) is 2.20. The average Bonchev–Trinajstić information content (AvgIpc) is 2.26. The molecule has 1 N–H and O–H groups in total. The van der Waals surface area contributed by atoms with Crippen LogP contribution < -0.4 is 0 Å². The number of Topliss-reactive ketones (excluding diaryl/α,β-unsaturated/α-hetero) is 1. The van der Waals surface area contributed by atoms with Crippen LogP contribution in [0, 0.1) is 0 Å². The second-order valence-corrected chi connectivity index (χ2v) is 5.15. The highest BCUT2D eigenvalue weighted by atomic mass is 79.9. The van der Waals surface area contributed by atoms with E-state index < -0.39 is 0 Å². The SMILES string of the molecule is CN(CCO)CCC(=O)c1ccc(Br)cc1Cl. The summed E-state index contributed by atoms with van der Waals surface area (Å²) in [4.78, 5) is 13.8. The molecule has 94 valence electrons. The first-order chi connectivity index (χ1) is 8.04. The number of rotatable bonds is 6. The van der Waals surface area contributed by atoms with Gasteiger partial charge in [0.15, 0.2) is 5.78 Å². The van der Waals surface area contributed by atoms with Crippen LogP contribution in [-0.4, -0.2) is 42.5 Å². The van der Waals surface area contributed by atoms with Gasteiger partial charge in [-0.2, -0.15) is 0 Å². The van der Waals surface area contributed by atoms with E-state index in [4.69, 9.17) is 16.7 Å². The van der Waals surface area contributed by atoms with Crippen LogP contribution in [0.1, 0.15) is 16.8 Å². The van der Waals surface area contributed by atoms with E-state index in [-0.39, 0.29) is 12.4 Å². The van der Waals surface area contributed by atoms with E-state index in [1.54, 1.807) is 18.2 Å². The van der Waals surface area contributed by atoms with Crippen molar-refractivity contribution >= 4 is 33.3 Å². The molecular formula is C12H15BrClNO2. The Morgan fingerprint density at radius 1 is 1.47 bits per heavy atom. The van der Waals surface area contributed by atoms with Gasteiger partial charge in [0.2, 0.25) is 0 Å². The summed E-state index contributed by atoms with van der Waals surface area (Å²) in [5, 5.41) is 9.21. The Bertz CT molecular complexity index is 398. The predicted molar refractivity (Wildman–Crippen MR) is 72.7 cm³/mol. The van der Waals surface area contributed by atoms with Crippen LogP contribution in [0.3, 0.4) is 0 Å². The molecule has 17 heavy (non-hydrogen) atoms. The number of hydrogen-bond acceptors (Lipinski definition) is 3. The third kappa shape index (κ3) is 4.76. The Balaban J connectivity index is 2.58. The molecule has 3 nitrogen and oxygen atoms in total. The van der Waals surface area contributed by atoms with Gasteiger partial charge in [0.25, 0.3) is 0 Å². The molecule has 0 bridgehead atoms. The highest BCUT2D eigenvalue weighted by Crippen LogP contribution is 2.22. The van der Waals surface area contributed by atoms with Crippen molar-refractivity contribution in [3.05, 3.63) is 33.3 Å². The maximum atomic E-state index is 11.9. The Morgan fingerprint density at radius 3 is 2.76 bits per heavy atom. The molecule has 0 aliphatic heterocycles. The van der Waals surface area contributed by atoms with Gasteiger partial charge in [-0.25, -0.2) is 0 Å². The number of likely N-dealkylation sites (N-methyl/N-ethyl adjacent to an activating group) is 1. The van der Waals surface area contributed by atoms with E-state index in [1.165, 1.54) is 0 Å². The molecule has 0 saturated carbocycles. The smallest absolute Gasteiger partial charge is 0.165 e. The van der Waals surface area contributed by atoms with Crippen molar-refractivity contribution in [1.82, 2.24) is 4.90 Å². The molecule has 0 saturated heterocycles. The summed E-state index contributed by atoms with van der Waals surface area (Å²) in [5.74, 6) is 0.0206. The molecule has 0 aromatic heterocycles. The summed E-state index contributed by atoms with van der Waals surface area (Å²) in [6, 6.07) is 5.24. The van der Waals surface area contributed by atoms with Crippen molar-refractivity contribution in [1.29, 1.82) is 0 Å². The van der Waals surface area contributed by atoms with Crippen molar-refractivity contribution in [2.24, 2.45) is 0 Å². The summed E-state index contributed by atoms with van der Waals surface area (Å²) >= 11 is 9.29. The molecule has 0 radical (unpaired) electrons. The Morgan fingerprint density at radius 2 is 2.18 bits per heavy atom. The summed E-state index contributed by atoms with van der Waals surface area (Å²) in [6.07, 6.45) is 0.401. The van der Waals surface area contributed by atoms with E-state index in [0.29, 0.717) is 30.1 Å². The van der Waals surface area contributed by atoms with Crippen molar-refractivity contribution < 1.29 is 9.90 Å². The minimum Gasteiger partial charge on any atom is -0.395 e. The molecule has 0 atom stereocenters. The second-order valence-electron chi connectivity index (χ2n) is 3.82. The minimum atomic E-state index is 0.0206. The molecule has 0 unspecified atom stereocenters. The van der Waals surface area contributed by atoms with E-state index in [0.717, 1.165) is 4.47 Å². The minimum absolute atomic E-state index is 0.0206. The Kier molecular flexibility index (Phi) is 6.12. The van der Waals surface area contributed by atoms with Crippen LogP contribution in [0.2, 0.25) is 5.02 Å². The van der Waals surface area contributed by atoms with E-state index in [1.807, 2.05) is 11.9 Å². The van der Waals surface area contributed by atoms with E-state index in [2.05, 4.69) is 15.9 Å². The molecule has 0 aliphatic rings. The number of aliphatic hydroxyl groups is 1. The Labute approximate surface area is 115 Å². The third-order valence-corrected chi connectivity index (χ3v) is 3.24. The van der Waals surface area contributed by atoms with Crippen molar-refractivity contribution in [3.63, 3.8) is 0 Å². The molecule has 1 rings (SSSR count). The van der Waals surface area contributed by atoms with Gasteiger partial charge in [-0.1, -0.05) is 27.5 Å². The van der Waals surface area contributed by atoms with Gasteiger partial charge in [0.05, 0.1) is 11.6 Å². The average molecular weight is 321 g/mol. The van der Waals surface area contributed by atoms with Gasteiger partial charge >= 0.3 is 0 Å². The van der Waals surface area contributed by atoms with Crippen molar-refractivity contribution in [2.75, 3.05) is 26.7 Å². The first kappa shape index (κ1) is 14.6. The lowest BCUT2D eigenvalue weighted by Gasteiger charge is -2.14. The van der Waals surface area contributed by atoms with Crippen LogP contribution in [0.5, 0.6) is 0 Å². The fraction of sp³-hybridized carbons (Fsp3) is 0.417. The van der Waals surface area contributed by atoms with E-state index >= 15 is 0 Å². The van der Waals surface area contributed by atoms with Crippen LogP contribution in [0.4, 0.5) is 0 Å². The summed E-state index contributed by atoms with van der Waals surface area (Å²) < 4.78 is 0.858. The number of ketones is 1. The molecular weight excluding hydrogens is 305 g/mol. The van der Waals surface area contributed by atoms with Gasteiger partial charge in [-0.3, -0.25) is 4.79 Å². The molecule has 0 amide bonds. The quantitative estimate of drug-likeness (QED) is 0.819. The number of aliphatic hydroxyl groups excluding tert-OH is 1. The lowest BCUT2D eigenvalue weighted by atomic mass is 10.1. The summed E-state index contributed by atoms with van der Waals surface area (Å²) in [6.45, 7) is 1.29. The first-order valence-electron chi connectivity index (χ1n) is 5.32.